The Morgan fingerprint density at radius 3 is 2.56 bits per heavy atom. The Morgan fingerprint density at radius 2 is 1.83 bits per heavy atom. The van der Waals surface area contributed by atoms with Gasteiger partial charge >= 0.3 is 0 Å². The Hall–Kier alpha value is -0.960. The van der Waals surface area contributed by atoms with Crippen molar-refractivity contribution in [3.8, 4) is 0 Å². The zero-order chi connectivity index (χ0) is 13.4. The van der Waals surface area contributed by atoms with Crippen LogP contribution in [0.2, 0.25) is 0 Å². The van der Waals surface area contributed by atoms with E-state index < -0.39 is 0 Å². The van der Waals surface area contributed by atoms with Crippen molar-refractivity contribution in [1.29, 1.82) is 0 Å². The topological polar surface area (TPSA) is 12.0 Å². The second-order valence-corrected chi connectivity index (χ2v) is 4.76. The molecule has 0 fully saturated rings. The molecule has 0 radical (unpaired) electrons. The predicted octanol–water partition coefficient (Wildman–Crippen LogP) is 4.59. The third-order valence-corrected chi connectivity index (χ3v) is 3.16. The van der Waals surface area contributed by atoms with Crippen molar-refractivity contribution < 1.29 is 8.78 Å². The lowest BCUT2D eigenvalue weighted by Crippen LogP contribution is -2.21. The second kappa shape index (κ2) is 8.20. The quantitative estimate of drug-likeness (QED) is 0.670. The van der Waals surface area contributed by atoms with Gasteiger partial charge in [0.25, 0.3) is 0 Å². The van der Waals surface area contributed by atoms with Gasteiger partial charge in [0.1, 0.15) is 11.6 Å². The number of unbranched alkanes of at least 4 members (excludes halogenated alkanes) is 4. The monoisotopic (exact) mass is 255 g/mol. The van der Waals surface area contributed by atoms with Crippen molar-refractivity contribution in [3.05, 3.63) is 35.4 Å². The molecule has 0 saturated carbocycles. The molecule has 18 heavy (non-hydrogen) atoms. The zero-order valence-electron chi connectivity index (χ0n) is 11.3. The van der Waals surface area contributed by atoms with Crippen molar-refractivity contribution in [2.75, 3.05) is 6.54 Å². The number of halogens is 2. The molecule has 0 saturated heterocycles. The van der Waals surface area contributed by atoms with Crippen LogP contribution >= 0.6 is 0 Å². The summed E-state index contributed by atoms with van der Waals surface area (Å²) in [5, 5.41) is 3.24. The first-order valence-electron chi connectivity index (χ1n) is 6.83. The molecule has 1 N–H and O–H groups in total. The summed E-state index contributed by atoms with van der Waals surface area (Å²) in [7, 11) is 0. The number of benzene rings is 1. The average Bonchev–Trinajstić information content (AvgIpc) is 2.36. The van der Waals surface area contributed by atoms with Crippen molar-refractivity contribution >= 4 is 0 Å². The number of hydrogen-bond donors (Lipinski definition) is 1. The van der Waals surface area contributed by atoms with Gasteiger partial charge in [-0.05, 0) is 38.1 Å². The summed E-state index contributed by atoms with van der Waals surface area (Å²) in [6.45, 7) is 4.90. The fourth-order valence-electron chi connectivity index (χ4n) is 2.00. The van der Waals surface area contributed by atoms with Crippen LogP contribution in [-0.4, -0.2) is 6.54 Å². The molecule has 3 heteroatoms. The molecule has 0 spiro atoms. The summed E-state index contributed by atoms with van der Waals surface area (Å²) in [5.74, 6) is -0.731. The molecule has 0 amide bonds. The number of hydrogen-bond acceptors (Lipinski definition) is 1. The Bertz CT molecular complexity index is 352. The lowest BCUT2D eigenvalue weighted by molar-refractivity contribution is 0.501. The zero-order valence-corrected chi connectivity index (χ0v) is 11.3. The molecule has 0 aliphatic heterocycles. The smallest absolute Gasteiger partial charge is 0.128 e. The number of nitrogens with one attached hydrogen (secondary N) is 1. The summed E-state index contributed by atoms with van der Waals surface area (Å²) < 4.78 is 26.5. The molecule has 0 aromatic heterocycles. The first kappa shape index (κ1) is 15.1. The highest BCUT2D eigenvalue weighted by Gasteiger charge is 2.10. The van der Waals surface area contributed by atoms with Crippen LogP contribution in [0.15, 0.2) is 18.2 Å². The Kier molecular flexibility index (Phi) is 6.88. The molecule has 102 valence electrons. The van der Waals surface area contributed by atoms with E-state index in [1.165, 1.54) is 37.8 Å². The number of rotatable bonds is 8. The van der Waals surface area contributed by atoms with Gasteiger partial charge in [0, 0.05) is 11.6 Å². The van der Waals surface area contributed by atoms with Gasteiger partial charge in [-0.2, -0.15) is 0 Å². The van der Waals surface area contributed by atoms with Crippen LogP contribution < -0.4 is 5.32 Å². The van der Waals surface area contributed by atoms with Gasteiger partial charge in [-0.1, -0.05) is 32.6 Å². The molecule has 1 nitrogen and oxygen atoms in total. The molecule has 0 bridgehead atoms. The molecule has 1 aromatic rings. The summed E-state index contributed by atoms with van der Waals surface area (Å²) in [4.78, 5) is 0. The molecular weight excluding hydrogens is 232 g/mol. The molecule has 1 unspecified atom stereocenters. The second-order valence-electron chi connectivity index (χ2n) is 4.76. The Balaban J connectivity index is 2.31. The molecule has 1 rings (SSSR count). The Labute approximate surface area is 109 Å². The SMILES string of the molecule is CCCCCCCNC(C)c1cc(F)ccc1F. The highest BCUT2D eigenvalue weighted by molar-refractivity contribution is 5.21. The van der Waals surface area contributed by atoms with Crippen LogP contribution in [0.25, 0.3) is 0 Å². The lowest BCUT2D eigenvalue weighted by atomic mass is 10.1. The van der Waals surface area contributed by atoms with Gasteiger partial charge in [0.15, 0.2) is 0 Å². The van der Waals surface area contributed by atoms with Crippen molar-refractivity contribution in [3.63, 3.8) is 0 Å². The molecule has 0 aliphatic rings. The van der Waals surface area contributed by atoms with Gasteiger partial charge < -0.3 is 5.32 Å². The van der Waals surface area contributed by atoms with E-state index in [-0.39, 0.29) is 17.7 Å². The van der Waals surface area contributed by atoms with Gasteiger partial charge in [-0.3, -0.25) is 0 Å². The van der Waals surface area contributed by atoms with E-state index in [0.717, 1.165) is 19.0 Å². The van der Waals surface area contributed by atoms with E-state index in [4.69, 9.17) is 0 Å². The molecule has 0 heterocycles. The first-order valence-corrected chi connectivity index (χ1v) is 6.83. The van der Waals surface area contributed by atoms with E-state index in [9.17, 15) is 8.78 Å². The maximum absolute atomic E-state index is 13.5. The van der Waals surface area contributed by atoms with Crippen molar-refractivity contribution in [2.45, 2.75) is 52.0 Å². The average molecular weight is 255 g/mol. The standard InChI is InChI=1S/C15H23F2N/c1-3-4-5-6-7-10-18-12(2)14-11-13(16)8-9-15(14)17/h8-9,11-12,18H,3-7,10H2,1-2H3. The highest BCUT2D eigenvalue weighted by Crippen LogP contribution is 2.17. The molecule has 1 atom stereocenters. The van der Waals surface area contributed by atoms with Crippen LogP contribution in [-0.2, 0) is 0 Å². The third kappa shape index (κ3) is 5.13. The maximum atomic E-state index is 13.5. The van der Waals surface area contributed by atoms with Crippen LogP contribution in [0.3, 0.4) is 0 Å². The van der Waals surface area contributed by atoms with Gasteiger partial charge in [0.05, 0.1) is 0 Å². The Morgan fingerprint density at radius 1 is 1.11 bits per heavy atom. The van der Waals surface area contributed by atoms with E-state index in [0.29, 0.717) is 5.56 Å². The normalized spacial score (nSPS) is 12.7. The molecule has 1 aromatic carbocycles. The van der Waals surface area contributed by atoms with Crippen molar-refractivity contribution in [1.82, 2.24) is 5.32 Å². The fourth-order valence-corrected chi connectivity index (χ4v) is 2.00. The van der Waals surface area contributed by atoms with Crippen LogP contribution in [0.5, 0.6) is 0 Å². The lowest BCUT2D eigenvalue weighted by Gasteiger charge is -2.15. The van der Waals surface area contributed by atoms with Gasteiger partial charge in [-0.25, -0.2) is 8.78 Å². The van der Waals surface area contributed by atoms with E-state index in [1.807, 2.05) is 6.92 Å². The summed E-state index contributed by atoms with van der Waals surface area (Å²) in [6, 6.07) is 3.46. The highest BCUT2D eigenvalue weighted by atomic mass is 19.1. The third-order valence-electron chi connectivity index (χ3n) is 3.16. The van der Waals surface area contributed by atoms with Gasteiger partial charge in [-0.15, -0.1) is 0 Å². The largest absolute Gasteiger partial charge is 0.310 e. The van der Waals surface area contributed by atoms with E-state index in [1.54, 1.807) is 0 Å². The predicted molar refractivity (Wildman–Crippen MR) is 71.5 cm³/mol. The van der Waals surface area contributed by atoms with E-state index in [2.05, 4.69) is 12.2 Å². The minimum Gasteiger partial charge on any atom is -0.310 e. The van der Waals surface area contributed by atoms with Gasteiger partial charge in [0.2, 0.25) is 0 Å². The first-order chi connectivity index (χ1) is 8.65. The maximum Gasteiger partial charge on any atom is 0.128 e. The summed E-state index contributed by atoms with van der Waals surface area (Å²) in [5.41, 5.74) is 0.406. The van der Waals surface area contributed by atoms with Crippen LogP contribution in [0.4, 0.5) is 8.78 Å². The summed E-state index contributed by atoms with van der Waals surface area (Å²) in [6.07, 6.45) is 6.04. The van der Waals surface area contributed by atoms with Crippen LogP contribution in [0.1, 0.15) is 57.6 Å². The van der Waals surface area contributed by atoms with E-state index >= 15 is 0 Å². The fraction of sp³-hybridized carbons (Fsp3) is 0.600. The minimum absolute atomic E-state index is 0.146. The van der Waals surface area contributed by atoms with Crippen LogP contribution in [0, 0.1) is 11.6 Å². The minimum atomic E-state index is -0.386. The molecular formula is C15H23F2N. The van der Waals surface area contributed by atoms with Crippen molar-refractivity contribution in [2.24, 2.45) is 0 Å². The summed E-state index contributed by atoms with van der Waals surface area (Å²) >= 11 is 0. The molecule has 0 aliphatic carbocycles.